The van der Waals surface area contributed by atoms with Crippen molar-refractivity contribution in [3.63, 3.8) is 0 Å². The predicted octanol–water partition coefficient (Wildman–Crippen LogP) is 3.50. The molecule has 0 aromatic carbocycles. The summed E-state index contributed by atoms with van der Waals surface area (Å²) in [6, 6.07) is 0. The largest absolute Gasteiger partial charge is 0.362 e. The fraction of sp³-hybridized carbons (Fsp3) is 0.733. The highest BCUT2D eigenvalue weighted by molar-refractivity contribution is 9.25. The molecular formula is C15H20Br4O4. The van der Waals surface area contributed by atoms with Crippen LogP contribution in [0.2, 0.25) is 0 Å². The van der Waals surface area contributed by atoms with Gasteiger partial charge in [0.2, 0.25) is 0 Å². The summed E-state index contributed by atoms with van der Waals surface area (Å²) in [7, 11) is 0. The second-order valence-corrected chi connectivity index (χ2v) is 14.9. The predicted molar refractivity (Wildman–Crippen MR) is 104 cm³/mol. The van der Waals surface area contributed by atoms with Gasteiger partial charge in [-0.25, -0.2) is 0 Å². The van der Waals surface area contributed by atoms with E-state index in [0.29, 0.717) is 0 Å². The van der Waals surface area contributed by atoms with Gasteiger partial charge in [0.1, 0.15) is 0 Å². The number of alkyl halides is 4. The molecule has 8 heteroatoms. The van der Waals surface area contributed by atoms with Crippen molar-refractivity contribution in [3.8, 4) is 0 Å². The standard InChI is InChI=1S/C15H20Br4O4/c1-11(2,9-3-5-12(20,21)7-14(9,16)17)10-4-6-13(22,23)8-15(10,18)19/h3-6,9-10,20-23H,7-8H2,1-2H3. The van der Waals surface area contributed by atoms with Gasteiger partial charge in [-0.05, 0) is 17.6 Å². The van der Waals surface area contributed by atoms with Crippen LogP contribution in [0.3, 0.4) is 0 Å². The van der Waals surface area contributed by atoms with Crippen LogP contribution in [0.4, 0.5) is 0 Å². The quantitative estimate of drug-likeness (QED) is 0.228. The second-order valence-electron chi connectivity index (χ2n) is 7.13. The first-order valence-electron chi connectivity index (χ1n) is 7.13. The molecule has 132 valence electrons. The first-order chi connectivity index (χ1) is 10.1. The first kappa shape index (κ1) is 20.6. The van der Waals surface area contributed by atoms with E-state index in [0.717, 1.165) is 0 Å². The van der Waals surface area contributed by atoms with Crippen LogP contribution in [-0.2, 0) is 0 Å². The Morgan fingerprint density at radius 2 is 1.09 bits per heavy atom. The Hall–Kier alpha value is 1.24. The molecule has 0 bridgehead atoms. The number of rotatable bonds is 2. The Morgan fingerprint density at radius 3 is 1.35 bits per heavy atom. The summed E-state index contributed by atoms with van der Waals surface area (Å²) >= 11 is 14.4. The van der Waals surface area contributed by atoms with Crippen LogP contribution in [0.1, 0.15) is 26.7 Å². The monoisotopic (exact) mass is 580 g/mol. The maximum absolute atomic E-state index is 9.89. The fourth-order valence-corrected chi connectivity index (χ4v) is 8.21. The van der Waals surface area contributed by atoms with Crippen molar-refractivity contribution < 1.29 is 20.4 Å². The summed E-state index contributed by atoms with van der Waals surface area (Å²) in [5.41, 5.74) is -0.361. The topological polar surface area (TPSA) is 80.9 Å². The molecule has 4 nitrogen and oxygen atoms in total. The van der Waals surface area contributed by atoms with Crippen LogP contribution in [0, 0.1) is 17.3 Å². The van der Waals surface area contributed by atoms with E-state index >= 15 is 0 Å². The summed E-state index contributed by atoms with van der Waals surface area (Å²) in [6.07, 6.45) is 6.55. The van der Waals surface area contributed by atoms with Crippen LogP contribution >= 0.6 is 63.7 Å². The molecule has 0 saturated heterocycles. The van der Waals surface area contributed by atoms with Gasteiger partial charge in [-0.3, -0.25) is 0 Å². The molecule has 23 heavy (non-hydrogen) atoms. The molecule has 0 amide bonds. The fourth-order valence-electron chi connectivity index (χ4n) is 3.59. The van der Waals surface area contributed by atoms with Gasteiger partial charge in [0.25, 0.3) is 0 Å². The van der Waals surface area contributed by atoms with E-state index in [1.165, 1.54) is 12.2 Å². The van der Waals surface area contributed by atoms with Crippen LogP contribution < -0.4 is 0 Å². The average Bonchev–Trinajstić information content (AvgIpc) is 2.20. The summed E-state index contributed by atoms with van der Waals surface area (Å²) in [5, 5.41) is 39.5. The molecule has 2 aliphatic carbocycles. The molecule has 0 aromatic heterocycles. The Labute approximate surface area is 169 Å². The van der Waals surface area contributed by atoms with Gasteiger partial charge in [-0.2, -0.15) is 0 Å². The molecular weight excluding hydrogens is 564 g/mol. The SMILES string of the molecule is CC(C)(C1C=CC(O)(O)CC1(Br)Br)C1C=CC(O)(O)CC1(Br)Br. The molecule has 0 heterocycles. The highest BCUT2D eigenvalue weighted by Crippen LogP contribution is 2.60. The third kappa shape index (κ3) is 4.32. The molecule has 2 aliphatic rings. The van der Waals surface area contributed by atoms with Crippen molar-refractivity contribution in [1.82, 2.24) is 0 Å². The summed E-state index contributed by atoms with van der Waals surface area (Å²) in [5.74, 6) is -3.91. The zero-order valence-electron chi connectivity index (χ0n) is 12.7. The molecule has 0 aromatic rings. The average molecular weight is 584 g/mol. The summed E-state index contributed by atoms with van der Waals surface area (Å²) in [4.78, 5) is 0. The van der Waals surface area contributed by atoms with Gasteiger partial charge < -0.3 is 20.4 Å². The molecule has 0 saturated carbocycles. The van der Waals surface area contributed by atoms with E-state index < -0.39 is 18.0 Å². The maximum atomic E-state index is 9.89. The number of hydrogen-bond donors (Lipinski definition) is 4. The lowest BCUT2D eigenvalue weighted by Gasteiger charge is -2.52. The van der Waals surface area contributed by atoms with Gasteiger partial charge in [-0.1, -0.05) is 89.7 Å². The lowest BCUT2D eigenvalue weighted by molar-refractivity contribution is -0.136. The smallest absolute Gasteiger partial charge is 0.184 e. The second kappa shape index (κ2) is 6.15. The van der Waals surface area contributed by atoms with E-state index in [4.69, 9.17) is 0 Å². The third-order valence-electron chi connectivity index (χ3n) is 4.62. The molecule has 2 atom stereocenters. The van der Waals surface area contributed by atoms with E-state index in [9.17, 15) is 20.4 Å². The van der Waals surface area contributed by atoms with Gasteiger partial charge in [-0.15, -0.1) is 0 Å². The maximum Gasteiger partial charge on any atom is 0.184 e. The normalized spacial score (nSPS) is 34.3. The molecule has 0 spiro atoms. The first-order valence-corrected chi connectivity index (χ1v) is 10.3. The number of allylic oxidation sites excluding steroid dienone is 2. The van der Waals surface area contributed by atoms with Crippen molar-refractivity contribution in [1.29, 1.82) is 0 Å². The van der Waals surface area contributed by atoms with Crippen LogP contribution in [-0.4, -0.2) is 38.5 Å². The van der Waals surface area contributed by atoms with Crippen molar-refractivity contribution in [2.75, 3.05) is 0 Å². The van der Waals surface area contributed by atoms with Crippen LogP contribution in [0.25, 0.3) is 0 Å². The Bertz CT molecular complexity index is 492. The minimum Gasteiger partial charge on any atom is -0.362 e. The number of halogens is 4. The van der Waals surface area contributed by atoms with Crippen LogP contribution in [0.5, 0.6) is 0 Å². The van der Waals surface area contributed by atoms with Gasteiger partial charge in [0.05, 0.1) is 6.47 Å². The number of aliphatic hydroxyl groups is 4. The zero-order chi connectivity index (χ0) is 17.9. The van der Waals surface area contributed by atoms with E-state index in [-0.39, 0.29) is 30.1 Å². The van der Waals surface area contributed by atoms with Crippen molar-refractivity contribution in [2.24, 2.45) is 17.3 Å². The lowest BCUT2D eigenvalue weighted by Crippen LogP contribution is -2.53. The molecule has 0 fully saturated rings. The molecule has 2 rings (SSSR count). The summed E-state index contributed by atoms with van der Waals surface area (Å²) in [6.45, 7) is 4.13. The van der Waals surface area contributed by atoms with E-state index in [1.54, 1.807) is 12.2 Å². The van der Waals surface area contributed by atoms with Crippen molar-refractivity contribution in [3.05, 3.63) is 24.3 Å². The Balaban J connectivity index is 2.42. The lowest BCUT2D eigenvalue weighted by atomic mass is 9.63. The minimum atomic E-state index is -1.87. The van der Waals surface area contributed by atoms with E-state index in [1.807, 2.05) is 0 Å². The van der Waals surface area contributed by atoms with Gasteiger partial charge in [0, 0.05) is 24.7 Å². The number of hydrogen-bond acceptors (Lipinski definition) is 4. The van der Waals surface area contributed by atoms with Crippen molar-refractivity contribution in [2.45, 2.75) is 44.7 Å². The highest BCUT2D eigenvalue weighted by atomic mass is 79.9. The van der Waals surface area contributed by atoms with Crippen molar-refractivity contribution >= 4 is 63.7 Å². The minimum absolute atomic E-state index is 0.0859. The van der Waals surface area contributed by atoms with Crippen LogP contribution in [0.15, 0.2) is 24.3 Å². The van der Waals surface area contributed by atoms with Gasteiger partial charge in [0.15, 0.2) is 11.6 Å². The van der Waals surface area contributed by atoms with Gasteiger partial charge >= 0.3 is 0 Å². The molecule has 2 unspecified atom stereocenters. The molecule has 0 aliphatic heterocycles. The summed E-state index contributed by atoms with van der Waals surface area (Å²) < 4.78 is -1.39. The Morgan fingerprint density at radius 1 is 0.783 bits per heavy atom. The zero-order valence-corrected chi connectivity index (χ0v) is 19.0. The molecule has 0 radical (unpaired) electrons. The molecule has 4 N–H and O–H groups in total. The third-order valence-corrected chi connectivity index (χ3v) is 7.71. The van der Waals surface area contributed by atoms with E-state index in [2.05, 4.69) is 77.6 Å². The Kier molecular flexibility index (Phi) is 5.49. The highest BCUT2D eigenvalue weighted by Gasteiger charge is 2.56.